The van der Waals surface area contributed by atoms with Crippen LogP contribution in [0.1, 0.15) is 64.0 Å². The van der Waals surface area contributed by atoms with Crippen molar-refractivity contribution >= 4 is 18.0 Å². The summed E-state index contributed by atoms with van der Waals surface area (Å²) >= 11 is 0. The average Bonchev–Trinajstić information content (AvgIpc) is 3.11. The van der Waals surface area contributed by atoms with Gasteiger partial charge in [-0.3, -0.25) is 4.79 Å². The lowest BCUT2D eigenvalue weighted by molar-refractivity contribution is -0.148. The normalized spacial score (nSPS) is 16.0. The van der Waals surface area contributed by atoms with E-state index < -0.39 is 29.0 Å². The number of hydrogen-bond donors (Lipinski definition) is 3. The van der Waals surface area contributed by atoms with Crippen molar-refractivity contribution in [3.05, 3.63) is 59.7 Å². The minimum Gasteiger partial charge on any atom is -0.480 e. The minimum absolute atomic E-state index is 0.0929. The van der Waals surface area contributed by atoms with Gasteiger partial charge in [0.15, 0.2) is 0 Å². The van der Waals surface area contributed by atoms with Crippen LogP contribution < -0.4 is 10.6 Å². The van der Waals surface area contributed by atoms with Gasteiger partial charge in [-0.15, -0.1) is 0 Å². The second-order valence-electron chi connectivity index (χ2n) is 8.98. The Morgan fingerprint density at radius 2 is 1.45 bits per heavy atom. The van der Waals surface area contributed by atoms with E-state index in [9.17, 15) is 19.5 Å². The van der Waals surface area contributed by atoms with Crippen LogP contribution in [0.15, 0.2) is 48.5 Å². The van der Waals surface area contributed by atoms with Crippen LogP contribution in [-0.2, 0) is 14.3 Å². The molecule has 33 heavy (non-hydrogen) atoms. The van der Waals surface area contributed by atoms with E-state index in [4.69, 9.17) is 4.74 Å². The summed E-state index contributed by atoms with van der Waals surface area (Å²) in [7, 11) is 0. The highest BCUT2D eigenvalue weighted by molar-refractivity contribution is 5.93. The summed E-state index contributed by atoms with van der Waals surface area (Å²) < 4.78 is 5.57. The number of carbonyl (C=O) groups excluding carboxylic acids is 2. The first-order valence-corrected chi connectivity index (χ1v) is 11.3. The predicted octanol–water partition coefficient (Wildman–Crippen LogP) is 4.45. The molecular weight excluding hydrogens is 420 g/mol. The fourth-order valence-electron chi connectivity index (χ4n) is 4.28. The molecule has 0 aliphatic heterocycles. The van der Waals surface area contributed by atoms with Gasteiger partial charge in [-0.25, -0.2) is 9.59 Å². The zero-order chi connectivity index (χ0) is 24.2. The number of hydrogen-bond acceptors (Lipinski definition) is 4. The van der Waals surface area contributed by atoms with Crippen LogP contribution in [0.2, 0.25) is 0 Å². The minimum atomic E-state index is -1.41. The molecule has 0 fully saturated rings. The number of carboxylic acids is 1. The molecule has 2 atom stereocenters. The third-order valence-corrected chi connectivity index (χ3v) is 6.54. The number of benzene rings is 2. The van der Waals surface area contributed by atoms with Gasteiger partial charge >= 0.3 is 12.1 Å². The molecule has 0 saturated heterocycles. The maximum absolute atomic E-state index is 13.0. The number of nitrogens with one attached hydrogen (secondary N) is 2. The molecule has 2 amide bonds. The number of aliphatic carboxylic acids is 1. The standard InChI is InChI=1S/C26H32N2O5/c1-5-15-26(4,23(30)31)27-22(29)25(3,6-2)28-24(32)33-16-21-19-13-9-7-11-17(19)18-12-8-10-14-20(18)21/h7-14,21H,5-6,15-16H2,1-4H3,(H,27,29)(H,28,32)(H,30,31). The van der Waals surface area contributed by atoms with E-state index in [0.717, 1.165) is 22.3 Å². The molecule has 1 aliphatic carbocycles. The lowest BCUT2D eigenvalue weighted by Crippen LogP contribution is -2.63. The molecule has 0 bridgehead atoms. The quantitative estimate of drug-likeness (QED) is 0.521. The summed E-state index contributed by atoms with van der Waals surface area (Å²) in [5, 5.41) is 14.8. The number of carbonyl (C=O) groups is 3. The van der Waals surface area contributed by atoms with Crippen molar-refractivity contribution in [3.63, 3.8) is 0 Å². The Morgan fingerprint density at radius 1 is 0.909 bits per heavy atom. The van der Waals surface area contributed by atoms with Gasteiger partial charge in [0.25, 0.3) is 0 Å². The molecule has 2 aromatic carbocycles. The highest BCUT2D eigenvalue weighted by atomic mass is 16.5. The molecule has 0 spiro atoms. The van der Waals surface area contributed by atoms with Crippen LogP contribution in [0.5, 0.6) is 0 Å². The predicted molar refractivity (Wildman–Crippen MR) is 126 cm³/mol. The van der Waals surface area contributed by atoms with Gasteiger partial charge in [0.1, 0.15) is 17.7 Å². The molecule has 3 rings (SSSR count). The van der Waals surface area contributed by atoms with Crippen LogP contribution in [-0.4, -0.2) is 40.8 Å². The fraction of sp³-hybridized carbons (Fsp3) is 0.423. The lowest BCUT2D eigenvalue weighted by atomic mass is 9.92. The van der Waals surface area contributed by atoms with E-state index in [2.05, 4.69) is 22.8 Å². The van der Waals surface area contributed by atoms with E-state index >= 15 is 0 Å². The fourth-order valence-corrected chi connectivity index (χ4v) is 4.28. The maximum Gasteiger partial charge on any atom is 0.408 e. The number of ether oxygens (including phenoxy) is 1. The van der Waals surface area contributed by atoms with E-state index in [1.54, 1.807) is 13.8 Å². The number of fused-ring (bicyclic) bond motifs is 3. The Hall–Kier alpha value is -3.35. The number of alkyl carbamates (subject to hydrolysis) is 1. The third-order valence-electron chi connectivity index (χ3n) is 6.54. The summed E-state index contributed by atoms with van der Waals surface area (Å²) in [6.45, 7) is 6.77. The first-order chi connectivity index (χ1) is 15.6. The first-order valence-electron chi connectivity index (χ1n) is 11.3. The van der Waals surface area contributed by atoms with Gasteiger partial charge in [-0.05, 0) is 48.9 Å². The second-order valence-corrected chi connectivity index (χ2v) is 8.98. The molecule has 2 unspecified atom stereocenters. The van der Waals surface area contributed by atoms with Crippen LogP contribution in [0, 0.1) is 0 Å². The molecule has 7 heteroatoms. The molecule has 0 heterocycles. The van der Waals surface area contributed by atoms with Gasteiger partial charge in [0.2, 0.25) is 5.91 Å². The van der Waals surface area contributed by atoms with E-state index in [0.29, 0.717) is 6.42 Å². The van der Waals surface area contributed by atoms with Crippen molar-refractivity contribution < 1.29 is 24.2 Å². The molecule has 0 aromatic heterocycles. The van der Waals surface area contributed by atoms with Gasteiger partial charge in [0, 0.05) is 5.92 Å². The van der Waals surface area contributed by atoms with Gasteiger partial charge in [-0.2, -0.15) is 0 Å². The Kier molecular flexibility index (Phi) is 7.10. The lowest BCUT2D eigenvalue weighted by Gasteiger charge is -2.33. The highest BCUT2D eigenvalue weighted by Gasteiger charge is 2.41. The number of amides is 2. The van der Waals surface area contributed by atoms with Crippen molar-refractivity contribution in [1.82, 2.24) is 10.6 Å². The van der Waals surface area contributed by atoms with Crippen molar-refractivity contribution in [2.75, 3.05) is 6.61 Å². The molecule has 2 aromatic rings. The summed E-state index contributed by atoms with van der Waals surface area (Å²) in [6.07, 6.45) is 0.416. The topological polar surface area (TPSA) is 105 Å². The van der Waals surface area contributed by atoms with Crippen LogP contribution >= 0.6 is 0 Å². The number of rotatable bonds is 9. The average molecular weight is 453 g/mol. The van der Waals surface area contributed by atoms with Crippen LogP contribution in [0.3, 0.4) is 0 Å². The molecule has 7 nitrogen and oxygen atoms in total. The highest BCUT2D eigenvalue weighted by Crippen LogP contribution is 2.44. The summed E-state index contributed by atoms with van der Waals surface area (Å²) in [4.78, 5) is 37.4. The maximum atomic E-state index is 13.0. The SMILES string of the molecule is CCCC(C)(NC(=O)C(C)(CC)NC(=O)OCC1c2ccccc2-c2ccccc21)C(=O)O. The molecule has 1 aliphatic rings. The molecule has 176 valence electrons. The monoisotopic (exact) mass is 452 g/mol. The molecule has 0 radical (unpaired) electrons. The zero-order valence-corrected chi connectivity index (χ0v) is 19.6. The van der Waals surface area contributed by atoms with Crippen molar-refractivity contribution in [2.45, 2.75) is 64.0 Å². The van der Waals surface area contributed by atoms with Crippen molar-refractivity contribution in [3.8, 4) is 11.1 Å². The van der Waals surface area contributed by atoms with E-state index in [1.165, 1.54) is 6.92 Å². The van der Waals surface area contributed by atoms with E-state index in [1.807, 2.05) is 43.3 Å². The summed E-state index contributed by atoms with van der Waals surface area (Å²) in [5.74, 6) is -1.76. The summed E-state index contributed by atoms with van der Waals surface area (Å²) in [6, 6.07) is 16.1. The molecule has 0 saturated carbocycles. The Morgan fingerprint density at radius 3 is 1.94 bits per heavy atom. The largest absolute Gasteiger partial charge is 0.480 e. The number of carboxylic acid groups (broad SMARTS) is 1. The van der Waals surface area contributed by atoms with Gasteiger partial charge in [-0.1, -0.05) is 68.8 Å². The first kappa shape index (κ1) is 24.3. The molecule has 3 N–H and O–H groups in total. The Labute approximate surface area is 194 Å². The van der Waals surface area contributed by atoms with Crippen molar-refractivity contribution in [2.24, 2.45) is 0 Å². The Bertz CT molecular complexity index is 1010. The molecular formula is C26H32N2O5. The zero-order valence-electron chi connectivity index (χ0n) is 19.6. The van der Waals surface area contributed by atoms with Gasteiger partial charge in [0.05, 0.1) is 0 Å². The van der Waals surface area contributed by atoms with Gasteiger partial charge < -0.3 is 20.5 Å². The smallest absolute Gasteiger partial charge is 0.408 e. The van der Waals surface area contributed by atoms with Crippen LogP contribution in [0.25, 0.3) is 11.1 Å². The Balaban J connectivity index is 1.69. The van der Waals surface area contributed by atoms with E-state index in [-0.39, 0.29) is 25.4 Å². The second kappa shape index (κ2) is 9.65. The summed E-state index contributed by atoms with van der Waals surface area (Å²) in [5.41, 5.74) is 1.73. The van der Waals surface area contributed by atoms with Crippen LogP contribution in [0.4, 0.5) is 4.79 Å². The third kappa shape index (κ3) is 4.87. The van der Waals surface area contributed by atoms with Crippen molar-refractivity contribution in [1.29, 1.82) is 0 Å².